The molecule has 0 radical (unpaired) electrons. The molecule has 1 aromatic heterocycles. The highest BCUT2D eigenvalue weighted by atomic mass is 35.5. The van der Waals surface area contributed by atoms with Gasteiger partial charge in [0.15, 0.2) is 5.84 Å². The summed E-state index contributed by atoms with van der Waals surface area (Å²) < 4.78 is 37.8. The highest BCUT2D eigenvalue weighted by Crippen LogP contribution is 2.30. The fourth-order valence-electron chi connectivity index (χ4n) is 1.55. The molecule has 0 aliphatic heterocycles. The van der Waals surface area contributed by atoms with Crippen LogP contribution in [0.25, 0.3) is 0 Å². The van der Waals surface area contributed by atoms with Crippen LogP contribution in [0.4, 0.5) is 18.9 Å². The molecule has 0 saturated carbocycles. The quantitative estimate of drug-likeness (QED) is 0.245. The van der Waals surface area contributed by atoms with Crippen LogP contribution in [0.5, 0.6) is 0 Å². The number of pyridine rings is 1. The number of amidine groups is 1. The van der Waals surface area contributed by atoms with Crippen molar-refractivity contribution in [1.29, 1.82) is 5.53 Å². The summed E-state index contributed by atoms with van der Waals surface area (Å²) in [6.45, 7) is 0. The lowest BCUT2D eigenvalue weighted by Gasteiger charge is -2.07. The molecule has 0 saturated heterocycles. The van der Waals surface area contributed by atoms with Crippen molar-refractivity contribution in [1.82, 2.24) is 4.98 Å². The third-order valence-electron chi connectivity index (χ3n) is 2.68. The second kappa shape index (κ2) is 8.11. The molecule has 0 atom stereocenters. The fourth-order valence-corrected chi connectivity index (χ4v) is 2.45. The summed E-state index contributed by atoms with van der Waals surface area (Å²) in [5.41, 5.74) is 9.48. The van der Waals surface area contributed by atoms with E-state index in [0.29, 0.717) is 15.6 Å². The molecule has 2 rings (SSSR count). The zero-order valence-electron chi connectivity index (χ0n) is 12.0. The Morgan fingerprint density at radius 3 is 2.58 bits per heavy atom. The lowest BCUT2D eigenvalue weighted by Crippen LogP contribution is -2.07. The minimum Gasteiger partial charge on any atom is -0.277 e. The Morgan fingerprint density at radius 1 is 1.25 bits per heavy atom. The van der Waals surface area contributed by atoms with Crippen molar-refractivity contribution < 1.29 is 13.2 Å². The predicted molar refractivity (Wildman–Crippen MR) is 87.6 cm³/mol. The van der Waals surface area contributed by atoms with Crippen molar-refractivity contribution in [3.8, 4) is 0 Å². The van der Waals surface area contributed by atoms with Gasteiger partial charge < -0.3 is 0 Å². The van der Waals surface area contributed by atoms with Gasteiger partial charge in [-0.05, 0) is 36.4 Å². The Hall–Kier alpha value is -2.13. The molecule has 1 aromatic carbocycles. The largest absolute Gasteiger partial charge is 0.433 e. The van der Waals surface area contributed by atoms with Gasteiger partial charge in [-0.15, -0.1) is 16.9 Å². The average molecular weight is 374 g/mol. The number of nitrogens with zero attached hydrogens (tertiary/aromatic N) is 3. The van der Waals surface area contributed by atoms with Gasteiger partial charge in [0, 0.05) is 16.1 Å². The molecule has 10 heteroatoms. The zero-order valence-corrected chi connectivity index (χ0v) is 13.6. The maximum atomic E-state index is 12.6. The molecule has 0 unspecified atom stereocenters. The van der Waals surface area contributed by atoms with Crippen molar-refractivity contribution in [2.75, 3.05) is 11.2 Å². The highest BCUT2D eigenvalue weighted by Gasteiger charge is 2.32. The van der Waals surface area contributed by atoms with Gasteiger partial charge in [-0.25, -0.2) is 5.53 Å². The maximum absolute atomic E-state index is 12.6. The van der Waals surface area contributed by atoms with Crippen LogP contribution in [-0.4, -0.2) is 16.6 Å². The summed E-state index contributed by atoms with van der Waals surface area (Å²) in [4.78, 5) is 3.65. The van der Waals surface area contributed by atoms with E-state index in [-0.39, 0.29) is 11.6 Å². The first-order chi connectivity index (χ1) is 11.4. The summed E-state index contributed by atoms with van der Waals surface area (Å²) in [6, 6.07) is 9.12. The Bertz CT molecular complexity index is 734. The number of benzene rings is 1. The van der Waals surface area contributed by atoms with Crippen molar-refractivity contribution in [2.24, 2.45) is 10.2 Å². The Labute approximate surface area is 144 Å². The first-order valence-electron chi connectivity index (χ1n) is 6.50. The van der Waals surface area contributed by atoms with Crippen LogP contribution in [0.15, 0.2) is 57.7 Å². The number of rotatable bonds is 5. The number of aromatic nitrogens is 1. The zero-order chi connectivity index (χ0) is 17.6. The highest BCUT2D eigenvalue weighted by molar-refractivity contribution is 8.00. The molecule has 0 fully saturated rings. The maximum Gasteiger partial charge on any atom is 0.433 e. The lowest BCUT2D eigenvalue weighted by atomic mass is 10.3. The molecule has 1 heterocycles. The molecule has 5 nitrogen and oxygen atoms in total. The molecule has 0 spiro atoms. The van der Waals surface area contributed by atoms with E-state index in [9.17, 15) is 13.2 Å². The normalized spacial score (nSPS) is 12.1. The van der Waals surface area contributed by atoms with Gasteiger partial charge in [-0.1, -0.05) is 11.6 Å². The molecule has 0 amide bonds. The van der Waals surface area contributed by atoms with Crippen LogP contribution < -0.4 is 5.43 Å². The third kappa shape index (κ3) is 5.50. The van der Waals surface area contributed by atoms with Crippen LogP contribution in [0.3, 0.4) is 0 Å². The topological polar surface area (TPSA) is 73.5 Å². The van der Waals surface area contributed by atoms with Gasteiger partial charge in [-0.2, -0.15) is 18.3 Å². The van der Waals surface area contributed by atoms with Crippen molar-refractivity contribution in [3.05, 3.63) is 53.3 Å². The van der Waals surface area contributed by atoms with E-state index < -0.39 is 11.9 Å². The monoisotopic (exact) mass is 373 g/mol. The minimum absolute atomic E-state index is 0.125. The minimum atomic E-state index is -4.50. The second-order valence-corrected chi connectivity index (χ2v) is 5.91. The van der Waals surface area contributed by atoms with E-state index in [1.165, 1.54) is 6.07 Å². The van der Waals surface area contributed by atoms with Gasteiger partial charge in [0.25, 0.3) is 0 Å². The number of hydrazone groups is 1. The standard InChI is InChI=1S/C14H11ClF3N5S/c15-9-1-3-10(4-2-9)22-23-13(21-19)8-24-11-5-6-20-12(7-11)14(16,17)18/h1-7,19,22H,8H2/b21-19?,23-13-. The van der Waals surface area contributed by atoms with Crippen LogP contribution in [0, 0.1) is 5.53 Å². The van der Waals surface area contributed by atoms with E-state index in [4.69, 9.17) is 17.1 Å². The van der Waals surface area contributed by atoms with Crippen LogP contribution in [-0.2, 0) is 6.18 Å². The van der Waals surface area contributed by atoms with Gasteiger partial charge in [0.1, 0.15) is 5.69 Å². The van der Waals surface area contributed by atoms with Crippen molar-refractivity contribution in [3.63, 3.8) is 0 Å². The molecule has 0 aliphatic carbocycles. The first kappa shape index (κ1) is 18.2. The van der Waals surface area contributed by atoms with Crippen LogP contribution in [0.2, 0.25) is 5.02 Å². The second-order valence-electron chi connectivity index (χ2n) is 4.42. The molecule has 0 bridgehead atoms. The number of thioether (sulfide) groups is 1. The Morgan fingerprint density at radius 2 is 1.96 bits per heavy atom. The molecular formula is C14H11ClF3N5S. The summed E-state index contributed by atoms with van der Waals surface area (Å²) in [5.74, 6) is 0.256. The van der Waals surface area contributed by atoms with Gasteiger partial charge in [0.2, 0.25) is 0 Å². The van der Waals surface area contributed by atoms with E-state index >= 15 is 0 Å². The van der Waals surface area contributed by atoms with Gasteiger partial charge in [-0.3, -0.25) is 10.4 Å². The van der Waals surface area contributed by atoms with E-state index in [2.05, 4.69) is 20.6 Å². The molecular weight excluding hydrogens is 363 g/mol. The van der Waals surface area contributed by atoms with Crippen molar-refractivity contribution in [2.45, 2.75) is 11.1 Å². The summed E-state index contributed by atoms with van der Waals surface area (Å²) in [7, 11) is 0. The molecule has 126 valence electrons. The summed E-state index contributed by atoms with van der Waals surface area (Å²) >= 11 is 6.84. The number of anilines is 1. The van der Waals surface area contributed by atoms with Crippen molar-refractivity contribution >= 4 is 34.9 Å². The average Bonchev–Trinajstić information content (AvgIpc) is 2.56. The Balaban J connectivity index is 1.99. The Kier molecular flexibility index (Phi) is 6.16. The number of alkyl halides is 3. The van der Waals surface area contributed by atoms with E-state index in [1.807, 2.05) is 0 Å². The van der Waals surface area contributed by atoms with E-state index in [0.717, 1.165) is 24.0 Å². The molecule has 2 N–H and O–H groups in total. The summed E-state index contributed by atoms with van der Waals surface area (Å²) in [6.07, 6.45) is -3.41. The molecule has 2 aromatic rings. The van der Waals surface area contributed by atoms with E-state index in [1.54, 1.807) is 24.3 Å². The number of hydrogen-bond donors (Lipinski definition) is 2. The van der Waals surface area contributed by atoms with Crippen LogP contribution in [0.1, 0.15) is 5.69 Å². The smallest absolute Gasteiger partial charge is 0.277 e. The van der Waals surface area contributed by atoms with Gasteiger partial charge >= 0.3 is 6.18 Å². The first-order valence-corrected chi connectivity index (χ1v) is 7.86. The third-order valence-corrected chi connectivity index (χ3v) is 3.92. The molecule has 0 aliphatic rings. The SMILES string of the molecule is N=N/C(CSc1ccnc(C(F)(F)F)c1)=N\Nc1ccc(Cl)cc1. The van der Waals surface area contributed by atoms with Crippen LogP contribution >= 0.6 is 23.4 Å². The molecule has 24 heavy (non-hydrogen) atoms. The number of hydrogen-bond acceptors (Lipinski definition) is 5. The fraction of sp³-hybridized carbons (Fsp3) is 0.143. The van der Waals surface area contributed by atoms with Gasteiger partial charge in [0.05, 0.1) is 11.4 Å². The number of nitrogens with one attached hydrogen (secondary N) is 2. The lowest BCUT2D eigenvalue weighted by molar-refractivity contribution is -0.141. The predicted octanol–water partition coefficient (Wildman–Crippen LogP) is 5.30. The number of halogens is 4. The summed E-state index contributed by atoms with van der Waals surface area (Å²) in [5, 5.41) is 7.77.